The number of aromatic nitrogens is 1. The van der Waals surface area contributed by atoms with Crippen molar-refractivity contribution in [1.29, 1.82) is 0 Å². The van der Waals surface area contributed by atoms with Crippen molar-refractivity contribution in [3.8, 4) is 5.75 Å². The van der Waals surface area contributed by atoms with Crippen molar-refractivity contribution in [3.63, 3.8) is 0 Å². The average Bonchev–Trinajstić information content (AvgIpc) is 2.66. The summed E-state index contributed by atoms with van der Waals surface area (Å²) in [7, 11) is 1.51. The molecule has 1 N–H and O–H groups in total. The van der Waals surface area contributed by atoms with E-state index >= 15 is 0 Å². The number of amides is 2. The van der Waals surface area contributed by atoms with Gasteiger partial charge in [-0.1, -0.05) is 29.8 Å². The van der Waals surface area contributed by atoms with Gasteiger partial charge in [0.25, 0.3) is 0 Å². The summed E-state index contributed by atoms with van der Waals surface area (Å²) >= 11 is 6.14. The van der Waals surface area contributed by atoms with Gasteiger partial charge in [0.2, 0.25) is 11.8 Å². The summed E-state index contributed by atoms with van der Waals surface area (Å²) in [6, 6.07) is 14.2. The normalized spacial score (nSPS) is 10.5. The van der Waals surface area contributed by atoms with Crippen LogP contribution in [0.3, 0.4) is 0 Å². The van der Waals surface area contributed by atoms with Crippen molar-refractivity contribution < 1.29 is 14.3 Å². The second kappa shape index (κ2) is 8.05. The lowest BCUT2D eigenvalue weighted by molar-refractivity contribution is -0.120. The number of benzene rings is 2. The Balaban J connectivity index is 1.81. The lowest BCUT2D eigenvalue weighted by atomic mass is 10.2. The summed E-state index contributed by atoms with van der Waals surface area (Å²) in [6.07, 6.45) is 1.67. The predicted octanol–water partition coefficient (Wildman–Crippen LogP) is 3.89. The number of para-hydroxylation sites is 1. The molecule has 27 heavy (non-hydrogen) atoms. The van der Waals surface area contributed by atoms with Gasteiger partial charge in [-0.05, 0) is 30.3 Å². The van der Waals surface area contributed by atoms with Crippen LogP contribution in [0.5, 0.6) is 5.75 Å². The third kappa shape index (κ3) is 4.17. The number of halogens is 1. The second-order valence-electron chi connectivity index (χ2n) is 5.85. The highest BCUT2D eigenvalue weighted by Gasteiger charge is 2.18. The van der Waals surface area contributed by atoms with Gasteiger partial charge in [-0.3, -0.25) is 14.6 Å². The molecule has 0 saturated carbocycles. The summed E-state index contributed by atoms with van der Waals surface area (Å²) in [5, 5.41) is 4.10. The van der Waals surface area contributed by atoms with Crippen LogP contribution >= 0.6 is 11.6 Å². The van der Waals surface area contributed by atoms with Crippen LogP contribution in [-0.4, -0.2) is 30.5 Å². The molecule has 2 amide bonds. The van der Waals surface area contributed by atoms with Gasteiger partial charge in [-0.25, -0.2) is 0 Å². The van der Waals surface area contributed by atoms with E-state index < -0.39 is 0 Å². The predicted molar refractivity (Wildman–Crippen MR) is 106 cm³/mol. The summed E-state index contributed by atoms with van der Waals surface area (Å²) in [5.41, 5.74) is 1.80. The highest BCUT2D eigenvalue weighted by atomic mass is 35.5. The minimum absolute atomic E-state index is 0.152. The summed E-state index contributed by atoms with van der Waals surface area (Å²) in [4.78, 5) is 30.3. The van der Waals surface area contributed by atoms with Gasteiger partial charge in [0, 0.05) is 24.2 Å². The van der Waals surface area contributed by atoms with Gasteiger partial charge in [0.05, 0.1) is 23.3 Å². The number of hydrogen-bond donors (Lipinski definition) is 1. The lowest BCUT2D eigenvalue weighted by Gasteiger charge is -2.21. The lowest BCUT2D eigenvalue weighted by Crippen LogP contribution is -2.36. The molecular weight excluding hydrogens is 366 g/mol. The first-order chi connectivity index (χ1) is 13.0. The van der Waals surface area contributed by atoms with Crippen LogP contribution in [-0.2, 0) is 9.59 Å². The summed E-state index contributed by atoms with van der Waals surface area (Å²) in [6.45, 7) is 1.24. The van der Waals surface area contributed by atoms with E-state index in [1.54, 1.807) is 30.5 Å². The Kier molecular flexibility index (Phi) is 5.57. The van der Waals surface area contributed by atoms with Gasteiger partial charge in [-0.15, -0.1) is 0 Å². The number of ether oxygens (including phenoxy) is 1. The summed E-state index contributed by atoms with van der Waals surface area (Å²) < 4.78 is 5.12. The zero-order valence-electron chi connectivity index (χ0n) is 14.9. The number of rotatable bonds is 5. The molecule has 0 aliphatic carbocycles. The van der Waals surface area contributed by atoms with Crippen molar-refractivity contribution in [2.75, 3.05) is 23.9 Å². The van der Waals surface area contributed by atoms with Gasteiger partial charge in [0.1, 0.15) is 12.3 Å². The van der Waals surface area contributed by atoms with Crippen molar-refractivity contribution >= 4 is 45.7 Å². The van der Waals surface area contributed by atoms with E-state index in [2.05, 4.69) is 10.3 Å². The van der Waals surface area contributed by atoms with Crippen molar-refractivity contribution in [1.82, 2.24) is 4.98 Å². The first-order valence-electron chi connectivity index (χ1n) is 8.25. The number of fused-ring (bicyclic) bond motifs is 1. The standard InChI is InChI=1S/C20H18ClN3O3/c1-13(25)24(15-8-9-18(27-2)16(21)11-15)12-19(26)23-17-7-3-5-14-6-4-10-22-20(14)17/h3-11H,12H2,1-2H3,(H,23,26). The van der Waals surface area contributed by atoms with Crippen molar-refractivity contribution in [2.24, 2.45) is 0 Å². The highest BCUT2D eigenvalue weighted by molar-refractivity contribution is 6.32. The first-order valence-corrected chi connectivity index (χ1v) is 8.62. The van der Waals surface area contributed by atoms with Crippen LogP contribution < -0.4 is 15.0 Å². The molecule has 3 rings (SSSR count). The van der Waals surface area contributed by atoms with Crippen LogP contribution in [0.15, 0.2) is 54.7 Å². The number of nitrogens with zero attached hydrogens (tertiary/aromatic N) is 2. The smallest absolute Gasteiger partial charge is 0.244 e. The number of pyridine rings is 1. The number of hydrogen-bond acceptors (Lipinski definition) is 4. The molecule has 0 aliphatic heterocycles. The Morgan fingerprint density at radius 3 is 2.67 bits per heavy atom. The fourth-order valence-electron chi connectivity index (χ4n) is 2.75. The molecule has 0 spiro atoms. The van der Waals surface area contributed by atoms with Crippen molar-refractivity contribution in [2.45, 2.75) is 6.92 Å². The maximum atomic E-state index is 12.6. The molecule has 138 valence electrons. The van der Waals surface area contributed by atoms with Gasteiger partial charge >= 0.3 is 0 Å². The molecule has 3 aromatic rings. The quantitative estimate of drug-likeness (QED) is 0.725. The minimum Gasteiger partial charge on any atom is -0.495 e. The second-order valence-corrected chi connectivity index (χ2v) is 6.26. The number of carbonyl (C=O) groups is 2. The molecule has 1 aromatic heterocycles. The van der Waals surface area contributed by atoms with E-state index in [1.807, 2.05) is 24.3 Å². The van der Waals surface area contributed by atoms with Gasteiger partial charge < -0.3 is 15.0 Å². The Hall–Kier alpha value is -3.12. The van der Waals surface area contributed by atoms with Crippen LogP contribution in [0.4, 0.5) is 11.4 Å². The molecular formula is C20H18ClN3O3. The zero-order chi connectivity index (χ0) is 19.4. The molecule has 0 atom stereocenters. The summed E-state index contributed by atoms with van der Waals surface area (Å²) in [5.74, 6) is -0.118. The molecule has 0 aliphatic rings. The largest absolute Gasteiger partial charge is 0.495 e. The van der Waals surface area contributed by atoms with Gasteiger partial charge in [0.15, 0.2) is 0 Å². The first kappa shape index (κ1) is 18.7. The molecule has 2 aromatic carbocycles. The molecule has 0 bridgehead atoms. The number of methoxy groups -OCH3 is 1. The maximum Gasteiger partial charge on any atom is 0.244 e. The average molecular weight is 384 g/mol. The zero-order valence-corrected chi connectivity index (χ0v) is 15.7. The highest BCUT2D eigenvalue weighted by Crippen LogP contribution is 2.29. The Morgan fingerprint density at radius 2 is 1.96 bits per heavy atom. The third-order valence-electron chi connectivity index (χ3n) is 4.04. The minimum atomic E-state index is -0.338. The maximum absolute atomic E-state index is 12.6. The van der Waals surface area contributed by atoms with E-state index in [0.717, 1.165) is 5.39 Å². The van der Waals surface area contributed by atoms with Crippen LogP contribution in [0.25, 0.3) is 10.9 Å². The number of carbonyl (C=O) groups excluding carboxylic acids is 2. The van der Waals surface area contributed by atoms with E-state index in [-0.39, 0.29) is 18.4 Å². The van der Waals surface area contributed by atoms with Gasteiger partial charge in [-0.2, -0.15) is 0 Å². The topological polar surface area (TPSA) is 71.5 Å². The van der Waals surface area contributed by atoms with E-state index in [1.165, 1.54) is 18.9 Å². The Morgan fingerprint density at radius 1 is 1.19 bits per heavy atom. The molecule has 0 unspecified atom stereocenters. The van der Waals surface area contributed by atoms with Crippen molar-refractivity contribution in [3.05, 3.63) is 59.8 Å². The fourth-order valence-corrected chi connectivity index (χ4v) is 3.00. The molecule has 7 heteroatoms. The molecule has 0 saturated heterocycles. The number of nitrogens with one attached hydrogen (secondary N) is 1. The molecule has 0 fully saturated rings. The Bertz CT molecular complexity index is 1000. The molecule has 6 nitrogen and oxygen atoms in total. The monoisotopic (exact) mass is 383 g/mol. The molecule has 1 heterocycles. The SMILES string of the molecule is COc1ccc(N(CC(=O)Nc2cccc3cccnc23)C(C)=O)cc1Cl. The fraction of sp³-hybridized carbons (Fsp3) is 0.150. The van der Waals surface area contributed by atoms with E-state index in [4.69, 9.17) is 16.3 Å². The third-order valence-corrected chi connectivity index (χ3v) is 4.33. The van der Waals surface area contributed by atoms with Crippen LogP contribution in [0.1, 0.15) is 6.92 Å². The Labute approximate surface area is 161 Å². The van der Waals surface area contributed by atoms with E-state index in [0.29, 0.717) is 27.7 Å². The molecule has 0 radical (unpaired) electrons. The van der Waals surface area contributed by atoms with Crippen LogP contribution in [0.2, 0.25) is 5.02 Å². The number of anilines is 2. The van der Waals surface area contributed by atoms with E-state index in [9.17, 15) is 9.59 Å². The van der Waals surface area contributed by atoms with Crippen LogP contribution in [0, 0.1) is 0 Å².